The summed E-state index contributed by atoms with van der Waals surface area (Å²) in [5.41, 5.74) is 2.38. The van der Waals surface area contributed by atoms with E-state index in [1.807, 2.05) is 42.5 Å². The molecule has 2 N–H and O–H groups in total. The number of hydrogen-bond donors (Lipinski definition) is 2. The number of benzene rings is 2. The second kappa shape index (κ2) is 8.43. The van der Waals surface area contributed by atoms with Gasteiger partial charge in [0.25, 0.3) is 5.91 Å². The second-order valence-corrected chi connectivity index (χ2v) is 6.21. The first-order valence-electron chi connectivity index (χ1n) is 9.00. The Morgan fingerprint density at radius 1 is 1.00 bits per heavy atom. The summed E-state index contributed by atoms with van der Waals surface area (Å²) >= 11 is 0. The Bertz CT molecular complexity index is 993. The van der Waals surface area contributed by atoms with Crippen LogP contribution in [0, 0.1) is 13.8 Å². The fraction of sp³-hybridized carbons (Fsp3) is 0.182. The van der Waals surface area contributed by atoms with Gasteiger partial charge in [0, 0.05) is 5.69 Å². The number of carbonyl (C=O) groups is 2. The molecule has 0 atom stereocenters. The number of aromatic nitrogens is 1. The lowest BCUT2D eigenvalue weighted by atomic mass is 10.1. The van der Waals surface area contributed by atoms with Crippen LogP contribution in [0.4, 0.5) is 5.69 Å². The molecule has 0 radical (unpaired) electrons. The fourth-order valence-electron chi connectivity index (χ4n) is 2.95. The van der Waals surface area contributed by atoms with Gasteiger partial charge in [-0.05, 0) is 50.6 Å². The van der Waals surface area contributed by atoms with Crippen LogP contribution in [0.15, 0.2) is 54.6 Å². The monoisotopic (exact) mass is 378 g/mol. The highest BCUT2D eigenvalue weighted by Crippen LogP contribution is 2.30. The number of rotatable bonds is 6. The van der Waals surface area contributed by atoms with Crippen LogP contribution in [0.25, 0.3) is 0 Å². The first-order chi connectivity index (χ1) is 13.5. The van der Waals surface area contributed by atoms with Crippen LogP contribution < -0.4 is 10.1 Å². The topological polar surface area (TPSA) is 80.4 Å². The van der Waals surface area contributed by atoms with Crippen molar-refractivity contribution < 1.29 is 19.1 Å². The minimum absolute atomic E-state index is 0.272. The summed E-state index contributed by atoms with van der Waals surface area (Å²) in [5.74, 6) is 0.384. The smallest absolute Gasteiger partial charge is 0.340 e. The number of hydrogen-bond acceptors (Lipinski definition) is 4. The zero-order valence-corrected chi connectivity index (χ0v) is 16.0. The summed E-state index contributed by atoms with van der Waals surface area (Å²) in [6, 6.07) is 16.5. The Kier molecular flexibility index (Phi) is 5.79. The minimum Gasteiger partial charge on any atom is -0.462 e. The van der Waals surface area contributed by atoms with Crippen LogP contribution >= 0.6 is 0 Å². The van der Waals surface area contributed by atoms with E-state index in [1.54, 1.807) is 32.9 Å². The molecule has 0 unspecified atom stereocenters. The molecule has 6 nitrogen and oxygen atoms in total. The molecular weight excluding hydrogens is 356 g/mol. The molecule has 0 saturated carbocycles. The van der Waals surface area contributed by atoms with Gasteiger partial charge in [-0.1, -0.05) is 30.3 Å². The Morgan fingerprint density at radius 3 is 2.39 bits per heavy atom. The van der Waals surface area contributed by atoms with E-state index < -0.39 is 5.97 Å². The number of esters is 1. The average Bonchev–Trinajstić information content (AvgIpc) is 2.99. The number of aryl methyl sites for hydroxylation is 1. The summed E-state index contributed by atoms with van der Waals surface area (Å²) in [7, 11) is 0. The van der Waals surface area contributed by atoms with E-state index in [-0.39, 0.29) is 12.5 Å². The number of nitrogens with one attached hydrogen (secondary N) is 2. The summed E-state index contributed by atoms with van der Waals surface area (Å²) in [5, 5.41) is 2.85. The van der Waals surface area contributed by atoms with Crippen LogP contribution in [0.2, 0.25) is 0 Å². The highest BCUT2D eigenvalue weighted by Gasteiger charge is 2.23. The van der Waals surface area contributed by atoms with Gasteiger partial charge in [0.1, 0.15) is 11.4 Å². The molecule has 0 aliphatic carbocycles. The molecule has 3 rings (SSSR count). The molecule has 28 heavy (non-hydrogen) atoms. The second-order valence-electron chi connectivity index (χ2n) is 6.21. The standard InChI is InChI=1S/C22H22N2O4/c1-4-27-22(26)19-14(2)20(23-15(19)3)21(25)24-17-12-8-9-13-18(17)28-16-10-6-5-7-11-16/h5-13,23H,4H2,1-3H3,(H,24,25). The molecule has 1 amide bonds. The highest BCUT2D eigenvalue weighted by molar-refractivity contribution is 6.07. The molecule has 0 bridgehead atoms. The van der Waals surface area contributed by atoms with Crippen molar-refractivity contribution in [2.75, 3.05) is 11.9 Å². The molecule has 0 spiro atoms. The van der Waals surface area contributed by atoms with E-state index in [9.17, 15) is 9.59 Å². The van der Waals surface area contributed by atoms with Crippen LogP contribution in [0.3, 0.4) is 0 Å². The Morgan fingerprint density at radius 2 is 1.68 bits per heavy atom. The molecular formula is C22H22N2O4. The van der Waals surface area contributed by atoms with E-state index in [1.165, 1.54) is 0 Å². The van der Waals surface area contributed by atoms with E-state index >= 15 is 0 Å². The van der Waals surface area contributed by atoms with Crippen molar-refractivity contribution >= 4 is 17.6 Å². The lowest BCUT2D eigenvalue weighted by Crippen LogP contribution is -2.14. The fourth-order valence-corrected chi connectivity index (χ4v) is 2.95. The van der Waals surface area contributed by atoms with Crippen LogP contribution in [-0.2, 0) is 4.74 Å². The maximum absolute atomic E-state index is 12.8. The maximum Gasteiger partial charge on any atom is 0.340 e. The third-order valence-corrected chi connectivity index (χ3v) is 4.25. The van der Waals surface area contributed by atoms with Crippen molar-refractivity contribution in [3.63, 3.8) is 0 Å². The SMILES string of the molecule is CCOC(=O)c1c(C)[nH]c(C(=O)Nc2ccccc2Oc2ccccc2)c1C. The first kappa shape index (κ1) is 19.2. The van der Waals surface area contributed by atoms with Gasteiger partial charge in [-0.15, -0.1) is 0 Å². The van der Waals surface area contributed by atoms with E-state index in [0.717, 1.165) is 0 Å². The third-order valence-electron chi connectivity index (χ3n) is 4.25. The maximum atomic E-state index is 12.8. The van der Waals surface area contributed by atoms with Crippen molar-refractivity contribution in [2.45, 2.75) is 20.8 Å². The number of H-pyrrole nitrogens is 1. The van der Waals surface area contributed by atoms with Crippen LogP contribution in [0.5, 0.6) is 11.5 Å². The zero-order valence-electron chi connectivity index (χ0n) is 16.0. The molecule has 6 heteroatoms. The van der Waals surface area contributed by atoms with Crippen molar-refractivity contribution in [3.05, 3.63) is 77.1 Å². The Balaban J connectivity index is 1.85. The number of amides is 1. The predicted molar refractivity (Wildman–Crippen MR) is 107 cm³/mol. The molecule has 0 fully saturated rings. The molecule has 0 aliphatic rings. The third kappa shape index (κ3) is 4.06. The average molecular weight is 378 g/mol. The molecule has 1 aromatic heterocycles. The van der Waals surface area contributed by atoms with Crippen molar-refractivity contribution in [2.24, 2.45) is 0 Å². The number of anilines is 1. The van der Waals surface area contributed by atoms with E-state index in [4.69, 9.17) is 9.47 Å². The molecule has 1 heterocycles. The highest BCUT2D eigenvalue weighted by atomic mass is 16.5. The van der Waals surface area contributed by atoms with E-state index in [0.29, 0.717) is 39.7 Å². The molecule has 3 aromatic rings. The number of carbonyl (C=O) groups excluding carboxylic acids is 2. The van der Waals surface area contributed by atoms with Gasteiger partial charge in [-0.25, -0.2) is 4.79 Å². The molecule has 0 saturated heterocycles. The summed E-state index contributed by atoms with van der Waals surface area (Å²) in [6.07, 6.45) is 0. The Hall–Kier alpha value is -3.54. The van der Waals surface area contributed by atoms with Gasteiger partial charge < -0.3 is 19.8 Å². The molecule has 0 aliphatic heterocycles. The Labute approximate surface area is 163 Å². The number of para-hydroxylation sites is 3. The minimum atomic E-state index is -0.444. The van der Waals surface area contributed by atoms with Gasteiger partial charge in [0.2, 0.25) is 0 Å². The van der Waals surface area contributed by atoms with Gasteiger partial charge in [-0.2, -0.15) is 0 Å². The van der Waals surface area contributed by atoms with Crippen molar-refractivity contribution in [3.8, 4) is 11.5 Å². The van der Waals surface area contributed by atoms with E-state index in [2.05, 4.69) is 10.3 Å². The van der Waals surface area contributed by atoms with Gasteiger partial charge in [-0.3, -0.25) is 4.79 Å². The zero-order chi connectivity index (χ0) is 20.1. The van der Waals surface area contributed by atoms with Gasteiger partial charge >= 0.3 is 5.97 Å². The van der Waals surface area contributed by atoms with Gasteiger partial charge in [0.15, 0.2) is 5.75 Å². The summed E-state index contributed by atoms with van der Waals surface area (Å²) < 4.78 is 11.0. The van der Waals surface area contributed by atoms with Crippen molar-refractivity contribution in [1.29, 1.82) is 0 Å². The van der Waals surface area contributed by atoms with Gasteiger partial charge in [0.05, 0.1) is 17.9 Å². The summed E-state index contributed by atoms with van der Waals surface area (Å²) in [6.45, 7) is 5.47. The molecule has 2 aromatic carbocycles. The quantitative estimate of drug-likeness (QED) is 0.601. The normalized spacial score (nSPS) is 10.4. The lowest BCUT2D eigenvalue weighted by molar-refractivity contribution is 0.0525. The number of ether oxygens (including phenoxy) is 2. The van der Waals surface area contributed by atoms with Crippen LogP contribution in [-0.4, -0.2) is 23.5 Å². The first-order valence-corrected chi connectivity index (χ1v) is 9.00. The largest absolute Gasteiger partial charge is 0.462 e. The molecule has 144 valence electrons. The lowest BCUT2D eigenvalue weighted by Gasteiger charge is -2.12. The number of aromatic amines is 1. The van der Waals surface area contributed by atoms with Crippen LogP contribution in [0.1, 0.15) is 39.0 Å². The summed E-state index contributed by atoms with van der Waals surface area (Å²) in [4.78, 5) is 28.0. The van der Waals surface area contributed by atoms with Crippen molar-refractivity contribution in [1.82, 2.24) is 4.98 Å². The predicted octanol–water partition coefficient (Wildman–Crippen LogP) is 4.85.